The minimum atomic E-state index is -0.521. The third kappa shape index (κ3) is 4.89. The molecule has 1 N–H and O–H groups in total. The van der Waals surface area contributed by atoms with E-state index in [1.807, 2.05) is 30.3 Å². The van der Waals surface area contributed by atoms with Gasteiger partial charge in [0, 0.05) is 23.4 Å². The molecule has 0 spiro atoms. The zero-order chi connectivity index (χ0) is 25.2. The topological polar surface area (TPSA) is 80.6 Å². The number of benzene rings is 2. The SMILES string of the molecule is COc1cc([C@@H]2C(C#N)=C(SCc3ccccc3)NC3=C2C(=O)CC(C)(C)C3)cc(OC)c1OC. The highest BCUT2D eigenvalue weighted by atomic mass is 32.2. The predicted molar refractivity (Wildman–Crippen MR) is 137 cm³/mol. The standard InChI is InChI=1S/C28H30N2O4S/c1-28(2)13-20-25(21(31)14-28)24(18-11-22(32-3)26(34-5)23(12-18)33-4)19(15-29)27(30-20)35-16-17-9-7-6-8-10-17/h6-12,24,30H,13-14,16H2,1-5H3/t24-/m1/s1. The molecule has 0 amide bonds. The lowest BCUT2D eigenvalue weighted by Crippen LogP contribution is -2.36. The Kier molecular flexibility index (Phi) is 7.13. The van der Waals surface area contributed by atoms with Crippen molar-refractivity contribution < 1.29 is 19.0 Å². The average Bonchev–Trinajstić information content (AvgIpc) is 2.85. The Hall–Kier alpha value is -3.37. The normalized spacial score (nSPS) is 19.0. The summed E-state index contributed by atoms with van der Waals surface area (Å²) in [7, 11) is 4.67. The van der Waals surface area contributed by atoms with E-state index in [1.54, 1.807) is 33.1 Å². The quantitative estimate of drug-likeness (QED) is 0.532. The van der Waals surface area contributed by atoms with Crippen molar-refractivity contribution in [3.8, 4) is 23.3 Å². The summed E-state index contributed by atoms with van der Waals surface area (Å²) >= 11 is 1.58. The number of dihydropyridines is 1. The van der Waals surface area contributed by atoms with Gasteiger partial charge in [0.2, 0.25) is 5.75 Å². The highest BCUT2D eigenvalue weighted by Crippen LogP contribution is 2.50. The number of ketones is 1. The van der Waals surface area contributed by atoms with Crippen molar-refractivity contribution in [1.82, 2.24) is 5.32 Å². The van der Waals surface area contributed by atoms with Crippen LogP contribution < -0.4 is 19.5 Å². The molecule has 1 aliphatic heterocycles. The van der Waals surface area contributed by atoms with Crippen LogP contribution >= 0.6 is 11.8 Å². The van der Waals surface area contributed by atoms with E-state index in [0.29, 0.717) is 40.6 Å². The summed E-state index contributed by atoms with van der Waals surface area (Å²) < 4.78 is 16.7. The molecule has 2 aliphatic rings. The largest absolute Gasteiger partial charge is 0.493 e. The zero-order valence-electron chi connectivity index (χ0n) is 20.7. The zero-order valence-corrected chi connectivity index (χ0v) is 21.5. The second kappa shape index (κ2) is 10.1. The second-order valence-corrected chi connectivity index (χ2v) is 10.5. The van der Waals surface area contributed by atoms with Crippen LogP contribution in [-0.4, -0.2) is 27.1 Å². The average molecular weight is 491 g/mol. The van der Waals surface area contributed by atoms with E-state index in [1.165, 1.54) is 0 Å². The first-order chi connectivity index (χ1) is 16.8. The lowest BCUT2D eigenvalue weighted by Gasteiger charge is -2.39. The molecule has 0 bridgehead atoms. The number of carbonyl (C=O) groups excluding carboxylic acids is 1. The molecule has 35 heavy (non-hydrogen) atoms. The first kappa shape index (κ1) is 24.7. The summed E-state index contributed by atoms with van der Waals surface area (Å²) in [5.41, 5.74) is 3.82. The number of allylic oxidation sites excluding steroid dienone is 3. The molecule has 0 unspecified atom stereocenters. The van der Waals surface area contributed by atoms with Gasteiger partial charge < -0.3 is 19.5 Å². The minimum absolute atomic E-state index is 0.0577. The van der Waals surface area contributed by atoms with Gasteiger partial charge in [-0.05, 0) is 35.1 Å². The van der Waals surface area contributed by atoms with Gasteiger partial charge in [-0.1, -0.05) is 44.2 Å². The second-order valence-electron chi connectivity index (χ2n) is 9.48. The molecule has 0 saturated carbocycles. The van der Waals surface area contributed by atoms with Crippen LogP contribution in [0.15, 0.2) is 64.3 Å². The Morgan fingerprint density at radius 3 is 2.29 bits per heavy atom. The molecular formula is C28H30N2O4S. The predicted octanol–water partition coefficient (Wildman–Crippen LogP) is 5.71. The number of hydrogen-bond acceptors (Lipinski definition) is 7. The Morgan fingerprint density at radius 2 is 1.71 bits per heavy atom. The number of hydrogen-bond donors (Lipinski definition) is 1. The van der Waals surface area contributed by atoms with Crippen molar-refractivity contribution in [3.63, 3.8) is 0 Å². The highest BCUT2D eigenvalue weighted by Gasteiger charge is 2.42. The summed E-state index contributed by atoms with van der Waals surface area (Å²) in [6, 6.07) is 16.2. The first-order valence-corrected chi connectivity index (χ1v) is 12.4. The number of nitrogens with one attached hydrogen (secondary N) is 1. The molecule has 1 aliphatic carbocycles. The molecule has 0 radical (unpaired) electrons. The minimum Gasteiger partial charge on any atom is -0.493 e. The van der Waals surface area contributed by atoms with Crippen LogP contribution in [0.25, 0.3) is 0 Å². The number of rotatable bonds is 7. The lowest BCUT2D eigenvalue weighted by atomic mass is 9.69. The van der Waals surface area contributed by atoms with Crippen molar-refractivity contribution in [2.24, 2.45) is 5.41 Å². The van der Waals surface area contributed by atoms with Gasteiger partial charge in [0.25, 0.3) is 0 Å². The van der Waals surface area contributed by atoms with Gasteiger partial charge in [-0.15, -0.1) is 11.8 Å². The van der Waals surface area contributed by atoms with Crippen molar-refractivity contribution >= 4 is 17.5 Å². The summed E-state index contributed by atoms with van der Waals surface area (Å²) in [5, 5.41) is 14.6. The summed E-state index contributed by atoms with van der Waals surface area (Å²) in [6.45, 7) is 4.20. The molecule has 1 heterocycles. The third-order valence-corrected chi connectivity index (χ3v) is 7.46. The fourth-order valence-corrected chi connectivity index (χ4v) is 5.84. The van der Waals surface area contributed by atoms with E-state index in [2.05, 4.69) is 37.4 Å². The van der Waals surface area contributed by atoms with Crippen LogP contribution in [0, 0.1) is 16.7 Å². The number of thioether (sulfide) groups is 1. The van der Waals surface area contributed by atoms with Gasteiger partial charge in [-0.25, -0.2) is 0 Å². The van der Waals surface area contributed by atoms with Gasteiger partial charge in [0.15, 0.2) is 17.3 Å². The van der Waals surface area contributed by atoms with E-state index < -0.39 is 5.92 Å². The molecule has 7 heteroatoms. The van der Waals surface area contributed by atoms with Gasteiger partial charge >= 0.3 is 0 Å². The Labute approximate surface area is 211 Å². The maximum absolute atomic E-state index is 13.5. The Morgan fingerprint density at radius 1 is 1.06 bits per heavy atom. The maximum Gasteiger partial charge on any atom is 0.203 e. The van der Waals surface area contributed by atoms with Crippen molar-refractivity contribution in [2.75, 3.05) is 21.3 Å². The highest BCUT2D eigenvalue weighted by molar-refractivity contribution is 8.02. The van der Waals surface area contributed by atoms with Crippen molar-refractivity contribution in [1.29, 1.82) is 5.26 Å². The van der Waals surface area contributed by atoms with Crippen LogP contribution in [0.5, 0.6) is 17.2 Å². The van der Waals surface area contributed by atoms with Crippen molar-refractivity contribution in [3.05, 3.63) is 75.5 Å². The number of nitriles is 1. The number of methoxy groups -OCH3 is 3. The molecule has 0 fully saturated rings. The molecule has 2 aromatic rings. The van der Waals surface area contributed by atoms with Crippen LogP contribution in [0.3, 0.4) is 0 Å². The molecule has 0 aromatic heterocycles. The van der Waals surface area contributed by atoms with Gasteiger partial charge in [0.05, 0.1) is 43.9 Å². The van der Waals surface area contributed by atoms with Crippen molar-refractivity contribution in [2.45, 2.75) is 38.4 Å². The van der Waals surface area contributed by atoms with Gasteiger partial charge in [-0.2, -0.15) is 5.26 Å². The lowest BCUT2D eigenvalue weighted by molar-refractivity contribution is -0.118. The van der Waals surface area contributed by atoms with E-state index in [0.717, 1.165) is 28.3 Å². The summed E-state index contributed by atoms with van der Waals surface area (Å²) in [6.07, 6.45) is 1.16. The molecule has 0 saturated heterocycles. The molecule has 1 atom stereocenters. The molecular weight excluding hydrogens is 460 g/mol. The summed E-state index contributed by atoms with van der Waals surface area (Å²) in [5.74, 6) is 1.69. The van der Waals surface area contributed by atoms with E-state index >= 15 is 0 Å². The molecule has 2 aromatic carbocycles. The van der Waals surface area contributed by atoms with E-state index in [9.17, 15) is 10.1 Å². The van der Waals surface area contributed by atoms with E-state index in [4.69, 9.17) is 14.2 Å². The third-order valence-electron chi connectivity index (χ3n) is 6.37. The number of Topliss-reactive ketones (excluding diaryl/α,β-unsaturated/α-hetero) is 1. The number of ether oxygens (including phenoxy) is 3. The first-order valence-electron chi connectivity index (χ1n) is 11.5. The Bertz CT molecular complexity index is 1220. The molecule has 182 valence electrons. The van der Waals surface area contributed by atoms with Crippen LogP contribution in [0.2, 0.25) is 0 Å². The number of nitrogens with zero attached hydrogens (tertiary/aromatic N) is 1. The fraction of sp³-hybridized carbons (Fsp3) is 0.357. The van der Waals surface area contributed by atoms with E-state index in [-0.39, 0.29) is 11.2 Å². The van der Waals surface area contributed by atoms with Crippen LogP contribution in [0.1, 0.15) is 43.7 Å². The van der Waals surface area contributed by atoms with Crippen LogP contribution in [0.4, 0.5) is 0 Å². The number of carbonyl (C=O) groups is 1. The molecule has 4 rings (SSSR count). The Balaban J connectivity index is 1.87. The van der Waals surface area contributed by atoms with Crippen LogP contribution in [-0.2, 0) is 10.5 Å². The summed E-state index contributed by atoms with van der Waals surface area (Å²) in [4.78, 5) is 13.5. The molecule has 6 nitrogen and oxygen atoms in total. The van der Waals surface area contributed by atoms with Gasteiger partial charge in [-0.3, -0.25) is 4.79 Å². The fourth-order valence-electron chi connectivity index (χ4n) is 4.82. The smallest absolute Gasteiger partial charge is 0.203 e. The monoisotopic (exact) mass is 490 g/mol. The van der Waals surface area contributed by atoms with Gasteiger partial charge in [0.1, 0.15) is 0 Å². The maximum atomic E-state index is 13.5.